The predicted octanol–water partition coefficient (Wildman–Crippen LogP) is 1.77. The van der Waals surface area contributed by atoms with Gasteiger partial charge in [0.1, 0.15) is 0 Å². The van der Waals surface area contributed by atoms with E-state index in [2.05, 4.69) is 11.8 Å². The van der Waals surface area contributed by atoms with E-state index in [9.17, 15) is 5.11 Å². The minimum Gasteiger partial charge on any atom is -0.392 e. The van der Waals surface area contributed by atoms with Gasteiger partial charge in [0.25, 0.3) is 0 Å². The molecule has 2 aliphatic rings. The van der Waals surface area contributed by atoms with Crippen LogP contribution in [0, 0.1) is 0 Å². The first-order valence-electron chi connectivity index (χ1n) is 5.71. The Morgan fingerprint density at radius 2 is 1.85 bits per heavy atom. The van der Waals surface area contributed by atoms with Crippen molar-refractivity contribution >= 4 is 0 Å². The van der Waals surface area contributed by atoms with Gasteiger partial charge in [0.2, 0.25) is 0 Å². The molecule has 0 spiro atoms. The van der Waals surface area contributed by atoms with E-state index in [-0.39, 0.29) is 6.10 Å². The highest BCUT2D eigenvalue weighted by molar-refractivity contribution is 4.88. The smallest absolute Gasteiger partial charge is 0.0682 e. The molecule has 0 radical (unpaired) electrons. The fourth-order valence-corrected chi connectivity index (χ4v) is 2.95. The van der Waals surface area contributed by atoms with E-state index in [0.29, 0.717) is 6.04 Å². The van der Waals surface area contributed by atoms with Gasteiger partial charge in [-0.25, -0.2) is 0 Å². The first kappa shape index (κ1) is 9.47. The normalized spacial score (nSPS) is 38.3. The lowest BCUT2D eigenvalue weighted by Crippen LogP contribution is -2.39. The molecule has 0 aromatic rings. The largest absolute Gasteiger partial charge is 0.392 e. The fraction of sp³-hybridized carbons (Fsp3) is 1.00. The molecule has 2 unspecified atom stereocenters. The van der Waals surface area contributed by atoms with Crippen LogP contribution in [0.3, 0.4) is 0 Å². The highest BCUT2D eigenvalue weighted by Gasteiger charge is 2.32. The van der Waals surface area contributed by atoms with E-state index in [1.54, 1.807) is 0 Å². The summed E-state index contributed by atoms with van der Waals surface area (Å²) in [6, 6.07) is 1.39. The van der Waals surface area contributed by atoms with Crippen molar-refractivity contribution in [1.82, 2.24) is 4.90 Å². The molecule has 1 N–H and O–H groups in total. The van der Waals surface area contributed by atoms with Crippen molar-refractivity contribution in [3.63, 3.8) is 0 Å². The Morgan fingerprint density at radius 1 is 1.15 bits per heavy atom. The third kappa shape index (κ3) is 2.05. The standard InChI is InChI=1S/C11H21NO/c1-9-7-11(13)8-12(9)10-5-3-2-4-6-10/h9-11,13H,2-8H2,1H3. The van der Waals surface area contributed by atoms with E-state index in [1.165, 1.54) is 32.1 Å². The van der Waals surface area contributed by atoms with Crippen molar-refractivity contribution in [3.8, 4) is 0 Å². The summed E-state index contributed by atoms with van der Waals surface area (Å²) in [4.78, 5) is 2.53. The monoisotopic (exact) mass is 183 g/mol. The van der Waals surface area contributed by atoms with Crippen LogP contribution in [0.25, 0.3) is 0 Å². The molecule has 0 aromatic heterocycles. The zero-order valence-electron chi connectivity index (χ0n) is 8.58. The Morgan fingerprint density at radius 3 is 2.38 bits per heavy atom. The Kier molecular flexibility index (Phi) is 2.89. The molecule has 1 aliphatic carbocycles. The van der Waals surface area contributed by atoms with Crippen molar-refractivity contribution in [2.75, 3.05) is 6.54 Å². The van der Waals surface area contributed by atoms with Crippen LogP contribution in [0.15, 0.2) is 0 Å². The number of nitrogens with zero attached hydrogens (tertiary/aromatic N) is 1. The zero-order chi connectivity index (χ0) is 9.26. The maximum atomic E-state index is 9.56. The maximum Gasteiger partial charge on any atom is 0.0682 e. The molecule has 2 atom stereocenters. The number of aliphatic hydroxyl groups excluding tert-OH is 1. The average molecular weight is 183 g/mol. The molecule has 2 fully saturated rings. The van der Waals surface area contributed by atoms with Crippen LogP contribution >= 0.6 is 0 Å². The van der Waals surface area contributed by atoms with Gasteiger partial charge in [-0.2, -0.15) is 0 Å². The van der Waals surface area contributed by atoms with E-state index < -0.39 is 0 Å². The maximum absolute atomic E-state index is 9.56. The number of rotatable bonds is 1. The van der Waals surface area contributed by atoms with Crippen LogP contribution < -0.4 is 0 Å². The highest BCUT2D eigenvalue weighted by atomic mass is 16.3. The van der Waals surface area contributed by atoms with Gasteiger partial charge in [0, 0.05) is 18.6 Å². The molecule has 1 aliphatic heterocycles. The lowest BCUT2D eigenvalue weighted by atomic mass is 9.94. The number of β-amino-alcohol motifs (C(OH)–C–C–N with tert-alkyl or cyclic N) is 1. The molecule has 1 saturated heterocycles. The minimum absolute atomic E-state index is 0.0584. The third-order valence-corrected chi connectivity index (χ3v) is 3.64. The Bertz CT molecular complexity index is 165. The molecule has 0 amide bonds. The summed E-state index contributed by atoms with van der Waals surface area (Å²) in [5.74, 6) is 0. The molecule has 13 heavy (non-hydrogen) atoms. The second-order valence-electron chi connectivity index (χ2n) is 4.73. The van der Waals surface area contributed by atoms with Crippen LogP contribution in [-0.2, 0) is 0 Å². The summed E-state index contributed by atoms with van der Waals surface area (Å²) in [5, 5.41) is 9.56. The van der Waals surface area contributed by atoms with Crippen molar-refractivity contribution < 1.29 is 5.11 Å². The average Bonchev–Trinajstić information content (AvgIpc) is 2.47. The van der Waals surface area contributed by atoms with E-state index >= 15 is 0 Å². The first-order valence-corrected chi connectivity index (χ1v) is 5.71. The lowest BCUT2D eigenvalue weighted by Gasteiger charge is -2.33. The van der Waals surface area contributed by atoms with Crippen molar-refractivity contribution in [3.05, 3.63) is 0 Å². The van der Waals surface area contributed by atoms with Gasteiger partial charge in [-0.1, -0.05) is 19.3 Å². The summed E-state index contributed by atoms with van der Waals surface area (Å²) < 4.78 is 0. The van der Waals surface area contributed by atoms with E-state index in [0.717, 1.165) is 19.0 Å². The van der Waals surface area contributed by atoms with Crippen LogP contribution in [0.4, 0.5) is 0 Å². The molecule has 1 heterocycles. The van der Waals surface area contributed by atoms with E-state index in [1.807, 2.05) is 0 Å². The number of hydrogen-bond acceptors (Lipinski definition) is 2. The molecule has 1 saturated carbocycles. The molecule has 2 nitrogen and oxygen atoms in total. The van der Waals surface area contributed by atoms with Gasteiger partial charge in [-0.3, -0.25) is 4.90 Å². The summed E-state index contributed by atoms with van der Waals surface area (Å²) in [5.41, 5.74) is 0. The summed E-state index contributed by atoms with van der Waals surface area (Å²) in [7, 11) is 0. The zero-order valence-corrected chi connectivity index (χ0v) is 8.58. The molecule has 2 rings (SSSR count). The highest BCUT2D eigenvalue weighted by Crippen LogP contribution is 2.28. The fourth-order valence-electron chi connectivity index (χ4n) is 2.95. The topological polar surface area (TPSA) is 23.5 Å². The van der Waals surface area contributed by atoms with Gasteiger partial charge >= 0.3 is 0 Å². The number of hydrogen-bond donors (Lipinski definition) is 1. The van der Waals surface area contributed by atoms with Gasteiger partial charge in [0.05, 0.1) is 6.10 Å². The Labute approximate surface area is 80.9 Å². The molecule has 2 heteroatoms. The number of aliphatic hydroxyl groups is 1. The summed E-state index contributed by atoms with van der Waals surface area (Å²) >= 11 is 0. The van der Waals surface area contributed by atoms with Gasteiger partial charge < -0.3 is 5.11 Å². The molecule has 0 aromatic carbocycles. The Balaban J connectivity index is 1.91. The van der Waals surface area contributed by atoms with E-state index in [4.69, 9.17) is 0 Å². The van der Waals surface area contributed by atoms with Crippen LogP contribution in [-0.4, -0.2) is 34.7 Å². The SMILES string of the molecule is CC1CC(O)CN1C1CCCCC1. The second kappa shape index (κ2) is 3.97. The second-order valence-corrected chi connectivity index (χ2v) is 4.73. The quantitative estimate of drug-likeness (QED) is 0.670. The minimum atomic E-state index is -0.0584. The Hall–Kier alpha value is -0.0800. The van der Waals surface area contributed by atoms with Crippen LogP contribution in [0.5, 0.6) is 0 Å². The third-order valence-electron chi connectivity index (χ3n) is 3.64. The van der Waals surface area contributed by atoms with Crippen molar-refractivity contribution in [2.45, 2.75) is 63.6 Å². The molecule has 76 valence electrons. The van der Waals surface area contributed by atoms with Crippen LogP contribution in [0.2, 0.25) is 0 Å². The lowest BCUT2D eigenvalue weighted by molar-refractivity contribution is 0.127. The molecule has 0 bridgehead atoms. The van der Waals surface area contributed by atoms with Gasteiger partial charge in [-0.15, -0.1) is 0 Å². The van der Waals surface area contributed by atoms with Crippen molar-refractivity contribution in [2.24, 2.45) is 0 Å². The van der Waals surface area contributed by atoms with Gasteiger partial charge in [0.15, 0.2) is 0 Å². The first-order chi connectivity index (χ1) is 6.27. The number of likely N-dealkylation sites (tertiary alicyclic amines) is 1. The van der Waals surface area contributed by atoms with Crippen molar-refractivity contribution in [1.29, 1.82) is 0 Å². The molecular weight excluding hydrogens is 162 g/mol. The van der Waals surface area contributed by atoms with Gasteiger partial charge in [-0.05, 0) is 26.2 Å². The molecular formula is C11H21NO. The summed E-state index contributed by atoms with van der Waals surface area (Å²) in [6.07, 6.45) is 7.84. The summed E-state index contributed by atoms with van der Waals surface area (Å²) in [6.45, 7) is 3.18. The predicted molar refractivity (Wildman–Crippen MR) is 53.7 cm³/mol. The van der Waals surface area contributed by atoms with Crippen LogP contribution in [0.1, 0.15) is 45.4 Å².